The first-order valence-electron chi connectivity index (χ1n) is 8.09. The highest BCUT2D eigenvalue weighted by molar-refractivity contribution is 5.77. The average molecular weight is 368 g/mol. The van der Waals surface area contributed by atoms with Crippen LogP contribution >= 0.6 is 0 Å². The van der Waals surface area contributed by atoms with Crippen molar-refractivity contribution in [1.82, 2.24) is 29.5 Å². The van der Waals surface area contributed by atoms with Crippen LogP contribution in [-0.2, 0) is 6.54 Å². The Labute approximate surface area is 152 Å². The molecule has 4 rings (SSSR count). The van der Waals surface area contributed by atoms with E-state index < -0.39 is 11.6 Å². The summed E-state index contributed by atoms with van der Waals surface area (Å²) in [6, 6.07) is 4.80. The number of anilines is 3. The molecule has 0 amide bonds. The van der Waals surface area contributed by atoms with Crippen LogP contribution in [0.25, 0.3) is 22.7 Å². The molecule has 0 bridgehead atoms. The van der Waals surface area contributed by atoms with E-state index in [4.69, 9.17) is 5.73 Å². The van der Waals surface area contributed by atoms with Crippen LogP contribution in [0.2, 0.25) is 0 Å². The summed E-state index contributed by atoms with van der Waals surface area (Å²) in [4.78, 5) is 21.1. The lowest BCUT2D eigenvalue weighted by Crippen LogP contribution is -2.04. The number of nitrogens with zero attached hydrogens (tertiary/aromatic N) is 6. The van der Waals surface area contributed by atoms with Gasteiger partial charge in [0.05, 0.1) is 11.9 Å². The molecule has 27 heavy (non-hydrogen) atoms. The zero-order valence-corrected chi connectivity index (χ0v) is 14.2. The molecular formula is C17H14F2N8. The van der Waals surface area contributed by atoms with E-state index in [2.05, 4.69) is 30.2 Å². The summed E-state index contributed by atoms with van der Waals surface area (Å²) in [5, 5.41) is 2.69. The summed E-state index contributed by atoms with van der Waals surface area (Å²) in [6.45, 7) is 2.48. The lowest BCUT2D eigenvalue weighted by Gasteiger charge is -2.07. The smallest absolute Gasteiger partial charge is 0.229 e. The molecule has 136 valence electrons. The van der Waals surface area contributed by atoms with Crippen molar-refractivity contribution in [2.24, 2.45) is 0 Å². The molecule has 0 fully saturated rings. The molecule has 0 aliphatic carbocycles. The highest BCUT2D eigenvalue weighted by Crippen LogP contribution is 2.24. The van der Waals surface area contributed by atoms with Crippen molar-refractivity contribution >= 4 is 28.7 Å². The number of aromatic nitrogens is 6. The number of nitrogen functional groups attached to an aromatic ring is 1. The lowest BCUT2D eigenvalue weighted by atomic mass is 10.3. The van der Waals surface area contributed by atoms with Crippen molar-refractivity contribution < 1.29 is 8.78 Å². The van der Waals surface area contributed by atoms with Gasteiger partial charge in [0.15, 0.2) is 11.5 Å². The Hall–Kier alpha value is -3.69. The zero-order chi connectivity index (χ0) is 19.0. The number of halogens is 2. The largest absolute Gasteiger partial charge is 0.368 e. The molecule has 0 aliphatic heterocycles. The normalized spacial score (nSPS) is 11.1. The highest BCUT2D eigenvalue weighted by atomic mass is 19.1. The third kappa shape index (κ3) is 3.12. The van der Waals surface area contributed by atoms with Gasteiger partial charge in [0.2, 0.25) is 11.9 Å². The van der Waals surface area contributed by atoms with Crippen LogP contribution in [0, 0.1) is 11.6 Å². The van der Waals surface area contributed by atoms with Crippen LogP contribution in [0.1, 0.15) is 6.92 Å². The van der Waals surface area contributed by atoms with Gasteiger partial charge in [0, 0.05) is 18.8 Å². The van der Waals surface area contributed by atoms with Gasteiger partial charge in [-0.2, -0.15) is 4.98 Å². The number of nitrogens with two attached hydrogens (primary N) is 1. The van der Waals surface area contributed by atoms with E-state index in [-0.39, 0.29) is 17.6 Å². The second-order valence-corrected chi connectivity index (χ2v) is 5.63. The van der Waals surface area contributed by atoms with Crippen LogP contribution in [-0.4, -0.2) is 29.5 Å². The van der Waals surface area contributed by atoms with Gasteiger partial charge in [-0.3, -0.25) is 0 Å². The second-order valence-electron chi connectivity index (χ2n) is 5.63. The van der Waals surface area contributed by atoms with Crippen molar-refractivity contribution in [1.29, 1.82) is 0 Å². The van der Waals surface area contributed by atoms with Gasteiger partial charge < -0.3 is 15.6 Å². The first kappa shape index (κ1) is 16.8. The lowest BCUT2D eigenvalue weighted by molar-refractivity contribution is 0.603. The molecule has 8 nitrogen and oxygen atoms in total. The van der Waals surface area contributed by atoms with Gasteiger partial charge in [0.25, 0.3) is 0 Å². The molecule has 1 aromatic carbocycles. The number of hydrogen-bond acceptors (Lipinski definition) is 7. The predicted molar refractivity (Wildman–Crippen MR) is 96.1 cm³/mol. The van der Waals surface area contributed by atoms with Crippen LogP contribution in [0.15, 0.2) is 36.7 Å². The minimum atomic E-state index is -0.610. The van der Waals surface area contributed by atoms with Crippen LogP contribution in [0.3, 0.4) is 0 Å². The topological polar surface area (TPSA) is 107 Å². The molecule has 3 N–H and O–H groups in total. The highest BCUT2D eigenvalue weighted by Gasteiger charge is 2.16. The summed E-state index contributed by atoms with van der Waals surface area (Å²) in [5.74, 6) is -0.360. The molecule has 3 heterocycles. The minimum absolute atomic E-state index is 0.0549. The third-order valence-corrected chi connectivity index (χ3v) is 3.88. The first-order chi connectivity index (χ1) is 13.0. The zero-order valence-electron chi connectivity index (χ0n) is 14.2. The summed E-state index contributed by atoms with van der Waals surface area (Å²) in [5.41, 5.74) is 7.21. The van der Waals surface area contributed by atoms with E-state index in [1.54, 1.807) is 12.3 Å². The number of aryl methyl sites for hydroxylation is 1. The summed E-state index contributed by atoms with van der Waals surface area (Å²) in [7, 11) is 0. The molecular weight excluding hydrogens is 354 g/mol. The van der Waals surface area contributed by atoms with Crippen molar-refractivity contribution in [3.05, 3.63) is 48.3 Å². The quantitative estimate of drug-likeness (QED) is 0.570. The number of hydrogen-bond donors (Lipinski definition) is 2. The van der Waals surface area contributed by atoms with E-state index in [0.717, 1.165) is 18.2 Å². The molecule has 10 heteroatoms. The standard InChI is InChI=1S/C17H14F2N8/c1-2-27-14(11-5-6-21-16(20)24-11)23-13-8-22-17(26-15(13)27)25-12-7-9(18)3-4-10(12)19/h3-8H,2H2,1H3,(H2,20,21,24)(H,22,25,26). The van der Waals surface area contributed by atoms with E-state index >= 15 is 0 Å². The predicted octanol–water partition coefficient (Wildman–Crippen LogP) is 2.91. The SMILES string of the molecule is CCn1c(-c2ccnc(N)n2)nc2cnc(Nc3cc(F)ccc3F)nc21. The van der Waals surface area contributed by atoms with Gasteiger partial charge in [-0.05, 0) is 25.1 Å². The molecule has 4 aromatic rings. The monoisotopic (exact) mass is 368 g/mol. The fourth-order valence-electron chi connectivity index (χ4n) is 2.69. The fourth-order valence-corrected chi connectivity index (χ4v) is 2.69. The van der Waals surface area contributed by atoms with Crippen molar-refractivity contribution in [3.63, 3.8) is 0 Å². The Morgan fingerprint density at radius 1 is 1.11 bits per heavy atom. The average Bonchev–Trinajstić information content (AvgIpc) is 3.02. The van der Waals surface area contributed by atoms with Gasteiger partial charge >= 0.3 is 0 Å². The molecule has 0 spiro atoms. The second kappa shape index (κ2) is 6.56. The fraction of sp³-hybridized carbons (Fsp3) is 0.118. The van der Waals surface area contributed by atoms with Gasteiger partial charge in [-0.15, -0.1) is 0 Å². The molecule has 0 saturated heterocycles. The van der Waals surface area contributed by atoms with Crippen molar-refractivity contribution in [2.75, 3.05) is 11.1 Å². The Morgan fingerprint density at radius 3 is 2.74 bits per heavy atom. The number of fused-ring (bicyclic) bond motifs is 1. The number of rotatable bonds is 4. The Morgan fingerprint density at radius 2 is 1.96 bits per heavy atom. The van der Waals surface area contributed by atoms with Crippen molar-refractivity contribution in [3.8, 4) is 11.5 Å². The minimum Gasteiger partial charge on any atom is -0.368 e. The molecule has 0 atom stereocenters. The van der Waals surface area contributed by atoms with Gasteiger partial charge in [-0.1, -0.05) is 0 Å². The Kier molecular flexibility index (Phi) is 4.07. The number of nitrogens with one attached hydrogen (secondary N) is 1. The summed E-state index contributed by atoms with van der Waals surface area (Å²) < 4.78 is 29.0. The first-order valence-corrected chi connectivity index (χ1v) is 8.09. The Bertz CT molecular complexity index is 1140. The molecule has 3 aromatic heterocycles. The molecule has 0 saturated carbocycles. The number of benzene rings is 1. The Balaban J connectivity index is 1.79. The van der Waals surface area contributed by atoms with Crippen LogP contribution in [0.4, 0.5) is 26.4 Å². The molecule has 0 aliphatic rings. The van der Waals surface area contributed by atoms with E-state index in [1.807, 2.05) is 11.5 Å². The van der Waals surface area contributed by atoms with E-state index in [0.29, 0.717) is 29.2 Å². The number of imidazole rings is 1. The van der Waals surface area contributed by atoms with Gasteiger partial charge in [-0.25, -0.2) is 28.7 Å². The molecule has 0 unspecified atom stereocenters. The maximum Gasteiger partial charge on any atom is 0.229 e. The maximum atomic E-state index is 13.8. The molecule has 0 radical (unpaired) electrons. The van der Waals surface area contributed by atoms with E-state index in [9.17, 15) is 8.78 Å². The third-order valence-electron chi connectivity index (χ3n) is 3.88. The van der Waals surface area contributed by atoms with Crippen molar-refractivity contribution in [2.45, 2.75) is 13.5 Å². The van der Waals surface area contributed by atoms with Crippen LogP contribution < -0.4 is 11.1 Å². The van der Waals surface area contributed by atoms with Gasteiger partial charge in [0.1, 0.15) is 22.8 Å². The summed E-state index contributed by atoms with van der Waals surface area (Å²) in [6.07, 6.45) is 3.05. The summed E-state index contributed by atoms with van der Waals surface area (Å²) >= 11 is 0. The maximum absolute atomic E-state index is 13.8. The van der Waals surface area contributed by atoms with E-state index in [1.165, 1.54) is 6.20 Å². The van der Waals surface area contributed by atoms with Crippen LogP contribution in [0.5, 0.6) is 0 Å².